The monoisotopic (exact) mass is 337 g/mol. The number of unbranched alkanes of at least 4 members (excludes halogenated alkanes) is 1. The van der Waals surface area contributed by atoms with Gasteiger partial charge in [0.2, 0.25) is 5.91 Å². The molecule has 1 saturated heterocycles. The maximum atomic E-state index is 12.2. The minimum absolute atomic E-state index is 0.00275. The maximum Gasteiger partial charge on any atom is 0.228 e. The van der Waals surface area contributed by atoms with Crippen molar-refractivity contribution < 1.29 is 4.79 Å². The molecule has 3 rings (SSSR count). The van der Waals surface area contributed by atoms with Crippen molar-refractivity contribution in [3.63, 3.8) is 0 Å². The van der Waals surface area contributed by atoms with Gasteiger partial charge in [-0.1, -0.05) is 37.6 Å². The van der Waals surface area contributed by atoms with E-state index in [4.69, 9.17) is 0 Å². The van der Waals surface area contributed by atoms with Crippen LogP contribution in [0.4, 0.5) is 11.5 Å². The summed E-state index contributed by atoms with van der Waals surface area (Å²) >= 11 is 0. The summed E-state index contributed by atoms with van der Waals surface area (Å²) in [6, 6.07) is 12.3. The molecule has 0 bridgehead atoms. The maximum absolute atomic E-state index is 12.2. The number of hydrogen-bond acceptors (Lipinski definition) is 3. The van der Waals surface area contributed by atoms with E-state index < -0.39 is 0 Å². The highest BCUT2D eigenvalue weighted by Gasteiger charge is 2.13. The standard InChI is InChI=1S/C21H27N3O/c1-2-3-6-17-7-9-18(10-8-17)15-21(25)23-19-11-12-20(22-16-19)24-13-4-5-14-24/h7-12,16H,2-6,13-15H2,1H3,(H,23,25). The molecule has 1 aromatic carbocycles. The number of benzene rings is 1. The number of carbonyl (C=O) groups excluding carboxylic acids is 1. The van der Waals surface area contributed by atoms with E-state index in [1.807, 2.05) is 12.1 Å². The van der Waals surface area contributed by atoms with Gasteiger partial charge in [0.15, 0.2) is 0 Å². The summed E-state index contributed by atoms with van der Waals surface area (Å²) < 4.78 is 0. The van der Waals surface area contributed by atoms with Gasteiger partial charge in [-0.2, -0.15) is 0 Å². The van der Waals surface area contributed by atoms with Crippen molar-refractivity contribution in [2.75, 3.05) is 23.3 Å². The molecule has 0 saturated carbocycles. The molecule has 132 valence electrons. The molecular formula is C21H27N3O. The zero-order valence-corrected chi connectivity index (χ0v) is 15.0. The molecule has 4 heteroatoms. The van der Waals surface area contributed by atoms with Crippen LogP contribution in [-0.2, 0) is 17.6 Å². The molecule has 1 aliphatic rings. The van der Waals surface area contributed by atoms with Crippen LogP contribution in [0.15, 0.2) is 42.6 Å². The Morgan fingerprint density at radius 3 is 2.44 bits per heavy atom. The predicted molar refractivity (Wildman–Crippen MR) is 103 cm³/mol. The van der Waals surface area contributed by atoms with Crippen LogP contribution in [0, 0.1) is 0 Å². The zero-order valence-electron chi connectivity index (χ0n) is 15.0. The quantitative estimate of drug-likeness (QED) is 0.823. The van der Waals surface area contributed by atoms with Crippen LogP contribution < -0.4 is 10.2 Å². The number of carbonyl (C=O) groups is 1. The van der Waals surface area contributed by atoms with Gasteiger partial charge in [0.25, 0.3) is 0 Å². The highest BCUT2D eigenvalue weighted by Crippen LogP contribution is 2.19. The van der Waals surface area contributed by atoms with Crippen LogP contribution in [0.2, 0.25) is 0 Å². The molecule has 0 unspecified atom stereocenters. The van der Waals surface area contributed by atoms with E-state index in [1.54, 1.807) is 6.20 Å². The van der Waals surface area contributed by atoms with E-state index in [0.717, 1.165) is 36.6 Å². The van der Waals surface area contributed by atoms with Crippen molar-refractivity contribution in [2.45, 2.75) is 45.4 Å². The van der Waals surface area contributed by atoms with E-state index in [0.29, 0.717) is 6.42 Å². The van der Waals surface area contributed by atoms with Gasteiger partial charge in [0, 0.05) is 13.1 Å². The van der Waals surface area contributed by atoms with Crippen molar-refractivity contribution in [1.82, 2.24) is 4.98 Å². The highest BCUT2D eigenvalue weighted by molar-refractivity contribution is 5.92. The summed E-state index contributed by atoms with van der Waals surface area (Å²) in [4.78, 5) is 19.0. The summed E-state index contributed by atoms with van der Waals surface area (Å²) in [5.41, 5.74) is 3.14. The van der Waals surface area contributed by atoms with Crippen molar-refractivity contribution in [3.8, 4) is 0 Å². The first kappa shape index (κ1) is 17.5. The molecule has 0 radical (unpaired) electrons. The zero-order chi connectivity index (χ0) is 17.5. The topological polar surface area (TPSA) is 45.2 Å². The first-order valence-corrected chi connectivity index (χ1v) is 9.33. The predicted octanol–water partition coefficient (Wildman–Crippen LogP) is 4.21. The fourth-order valence-corrected chi connectivity index (χ4v) is 3.19. The first-order valence-electron chi connectivity index (χ1n) is 9.33. The molecule has 4 nitrogen and oxygen atoms in total. The van der Waals surface area contributed by atoms with Crippen LogP contribution in [0.5, 0.6) is 0 Å². The molecule has 0 aliphatic carbocycles. The third-order valence-corrected chi connectivity index (χ3v) is 4.67. The molecule has 0 spiro atoms. The van der Waals surface area contributed by atoms with Crippen molar-refractivity contribution in [2.24, 2.45) is 0 Å². The number of anilines is 2. The second kappa shape index (κ2) is 8.65. The lowest BCUT2D eigenvalue weighted by Gasteiger charge is -2.16. The van der Waals surface area contributed by atoms with E-state index >= 15 is 0 Å². The second-order valence-corrected chi connectivity index (χ2v) is 6.74. The molecule has 1 fully saturated rings. The van der Waals surface area contributed by atoms with Gasteiger partial charge in [-0.15, -0.1) is 0 Å². The molecule has 2 heterocycles. The molecule has 0 atom stereocenters. The number of nitrogens with one attached hydrogen (secondary N) is 1. The van der Waals surface area contributed by atoms with Crippen molar-refractivity contribution in [1.29, 1.82) is 0 Å². The van der Waals surface area contributed by atoms with Crippen LogP contribution >= 0.6 is 0 Å². The Morgan fingerprint density at radius 2 is 1.80 bits per heavy atom. The fraction of sp³-hybridized carbons (Fsp3) is 0.429. The first-order chi connectivity index (χ1) is 12.2. The summed E-state index contributed by atoms with van der Waals surface area (Å²) in [6.45, 7) is 4.35. The SMILES string of the molecule is CCCCc1ccc(CC(=O)Nc2ccc(N3CCCC3)nc2)cc1. The molecule has 1 N–H and O–H groups in total. The largest absolute Gasteiger partial charge is 0.357 e. The Balaban J connectivity index is 1.51. The smallest absolute Gasteiger partial charge is 0.228 e. The van der Waals surface area contributed by atoms with Crippen LogP contribution in [0.1, 0.15) is 43.7 Å². The Morgan fingerprint density at radius 1 is 1.08 bits per heavy atom. The molecule has 25 heavy (non-hydrogen) atoms. The Hall–Kier alpha value is -2.36. The normalized spacial score (nSPS) is 13.9. The third kappa shape index (κ3) is 5.05. The van der Waals surface area contributed by atoms with Crippen molar-refractivity contribution >= 4 is 17.4 Å². The fourth-order valence-electron chi connectivity index (χ4n) is 3.19. The van der Waals surface area contributed by atoms with Gasteiger partial charge in [0.1, 0.15) is 5.82 Å². The summed E-state index contributed by atoms with van der Waals surface area (Å²) in [5.74, 6) is 0.996. The third-order valence-electron chi connectivity index (χ3n) is 4.67. The lowest BCUT2D eigenvalue weighted by atomic mass is 10.0. The average Bonchev–Trinajstić information content (AvgIpc) is 3.16. The molecular weight excluding hydrogens is 310 g/mol. The Bertz CT molecular complexity index is 673. The van der Waals surface area contributed by atoms with Gasteiger partial charge < -0.3 is 10.2 Å². The number of pyridine rings is 1. The number of amides is 1. The lowest BCUT2D eigenvalue weighted by molar-refractivity contribution is -0.115. The summed E-state index contributed by atoms with van der Waals surface area (Å²) in [5, 5.41) is 2.94. The van der Waals surface area contributed by atoms with Crippen LogP contribution in [0.3, 0.4) is 0 Å². The molecule has 1 aliphatic heterocycles. The number of aryl methyl sites for hydroxylation is 1. The van der Waals surface area contributed by atoms with E-state index in [1.165, 1.54) is 31.2 Å². The molecule has 1 aromatic heterocycles. The minimum atomic E-state index is -0.00275. The van der Waals surface area contributed by atoms with Crippen LogP contribution in [-0.4, -0.2) is 24.0 Å². The van der Waals surface area contributed by atoms with Gasteiger partial charge in [-0.3, -0.25) is 4.79 Å². The van der Waals surface area contributed by atoms with Gasteiger partial charge in [0.05, 0.1) is 18.3 Å². The van der Waals surface area contributed by atoms with Crippen LogP contribution in [0.25, 0.3) is 0 Å². The summed E-state index contributed by atoms with van der Waals surface area (Å²) in [6.07, 6.45) is 8.13. The van der Waals surface area contributed by atoms with E-state index in [-0.39, 0.29) is 5.91 Å². The lowest BCUT2D eigenvalue weighted by Crippen LogP contribution is -2.19. The average molecular weight is 337 g/mol. The highest BCUT2D eigenvalue weighted by atomic mass is 16.1. The number of hydrogen-bond donors (Lipinski definition) is 1. The minimum Gasteiger partial charge on any atom is -0.357 e. The Labute approximate surface area is 150 Å². The van der Waals surface area contributed by atoms with Gasteiger partial charge in [-0.25, -0.2) is 4.98 Å². The van der Waals surface area contributed by atoms with E-state index in [2.05, 4.69) is 46.4 Å². The van der Waals surface area contributed by atoms with E-state index in [9.17, 15) is 4.79 Å². The van der Waals surface area contributed by atoms with Gasteiger partial charge in [-0.05, 0) is 48.9 Å². The number of aromatic nitrogens is 1. The van der Waals surface area contributed by atoms with Gasteiger partial charge >= 0.3 is 0 Å². The number of nitrogens with zero attached hydrogens (tertiary/aromatic N) is 2. The Kier molecular flexibility index (Phi) is 6.04. The summed E-state index contributed by atoms with van der Waals surface area (Å²) in [7, 11) is 0. The second-order valence-electron chi connectivity index (χ2n) is 6.74. The number of rotatable bonds is 7. The molecule has 1 amide bonds. The molecule has 2 aromatic rings. The van der Waals surface area contributed by atoms with Crippen molar-refractivity contribution in [3.05, 3.63) is 53.7 Å².